The fraction of sp³-hybridized carbons (Fsp3) is 0.300. The number of amides is 2. The molecule has 1 aromatic rings. The average Bonchev–Trinajstić information content (AvgIpc) is 2.51. The van der Waals surface area contributed by atoms with E-state index >= 15 is 0 Å². The number of halogens is 1. The molecule has 78 valence electrons. The van der Waals surface area contributed by atoms with Gasteiger partial charge in [0.05, 0.1) is 5.56 Å². The number of carbonyl (C=O) groups excluding carboxylic acids is 2. The van der Waals surface area contributed by atoms with Crippen LogP contribution in [0.1, 0.15) is 27.3 Å². The first kappa shape index (κ1) is 10.3. The number of pyridine rings is 1. The standard InChI is InChI=1S/C10H9BrN2O2/c11-4-2-6-13-9(14)7-3-1-5-12-8(7)10(13)15/h1,3,5H,2,4,6H2. The number of hydrogen-bond acceptors (Lipinski definition) is 3. The molecular weight excluding hydrogens is 260 g/mol. The lowest BCUT2D eigenvalue weighted by molar-refractivity contribution is 0.0653. The van der Waals surface area contributed by atoms with Crippen LogP contribution in [0.4, 0.5) is 0 Å². The molecule has 0 fully saturated rings. The van der Waals surface area contributed by atoms with E-state index in [1.807, 2.05) is 0 Å². The second-order valence-corrected chi connectivity index (χ2v) is 4.00. The highest BCUT2D eigenvalue weighted by Crippen LogP contribution is 2.20. The third-order valence-corrected chi connectivity index (χ3v) is 2.81. The Bertz CT molecular complexity index is 385. The van der Waals surface area contributed by atoms with Crippen molar-refractivity contribution >= 4 is 27.7 Å². The van der Waals surface area contributed by atoms with Crippen molar-refractivity contribution in [2.24, 2.45) is 0 Å². The number of rotatable bonds is 3. The summed E-state index contributed by atoms with van der Waals surface area (Å²) in [4.78, 5) is 28.7. The fourth-order valence-corrected chi connectivity index (χ4v) is 1.79. The molecular formula is C10H9BrN2O2. The minimum atomic E-state index is -0.281. The van der Waals surface area contributed by atoms with Crippen LogP contribution in [0.15, 0.2) is 18.3 Å². The Balaban J connectivity index is 2.29. The summed E-state index contributed by atoms with van der Waals surface area (Å²) in [7, 11) is 0. The first-order valence-corrected chi connectivity index (χ1v) is 5.75. The smallest absolute Gasteiger partial charge is 0.273 e. The molecule has 0 saturated heterocycles. The Hall–Kier alpha value is -1.23. The molecule has 2 rings (SSSR count). The number of nitrogens with zero attached hydrogens (tertiary/aromatic N) is 2. The van der Waals surface area contributed by atoms with Crippen LogP contribution in [0.5, 0.6) is 0 Å². The molecule has 0 spiro atoms. The van der Waals surface area contributed by atoms with Crippen molar-refractivity contribution in [3.05, 3.63) is 29.6 Å². The normalized spacial score (nSPS) is 14.6. The van der Waals surface area contributed by atoms with Gasteiger partial charge in [-0.2, -0.15) is 0 Å². The molecule has 0 radical (unpaired) electrons. The topological polar surface area (TPSA) is 50.3 Å². The largest absolute Gasteiger partial charge is 0.280 e. The second kappa shape index (κ2) is 4.10. The first-order chi connectivity index (χ1) is 7.25. The van der Waals surface area contributed by atoms with E-state index in [9.17, 15) is 9.59 Å². The molecule has 5 heteroatoms. The van der Waals surface area contributed by atoms with Crippen LogP contribution >= 0.6 is 15.9 Å². The third-order valence-electron chi connectivity index (χ3n) is 2.25. The van der Waals surface area contributed by atoms with Crippen LogP contribution < -0.4 is 0 Å². The molecule has 15 heavy (non-hydrogen) atoms. The molecule has 0 unspecified atom stereocenters. The number of hydrogen-bond donors (Lipinski definition) is 0. The molecule has 2 heterocycles. The summed E-state index contributed by atoms with van der Waals surface area (Å²) in [5.74, 6) is -0.513. The van der Waals surface area contributed by atoms with Crippen molar-refractivity contribution in [1.29, 1.82) is 0 Å². The lowest BCUT2D eigenvalue weighted by Crippen LogP contribution is -2.31. The zero-order valence-corrected chi connectivity index (χ0v) is 9.53. The van der Waals surface area contributed by atoms with Gasteiger partial charge in [-0.1, -0.05) is 15.9 Å². The summed E-state index contributed by atoms with van der Waals surface area (Å²) in [5, 5.41) is 0.772. The van der Waals surface area contributed by atoms with Gasteiger partial charge in [0.25, 0.3) is 11.8 Å². The minimum absolute atomic E-state index is 0.232. The zero-order valence-electron chi connectivity index (χ0n) is 7.94. The van der Waals surface area contributed by atoms with Crippen LogP contribution in [-0.2, 0) is 0 Å². The highest BCUT2D eigenvalue weighted by molar-refractivity contribution is 9.09. The highest BCUT2D eigenvalue weighted by atomic mass is 79.9. The van der Waals surface area contributed by atoms with Gasteiger partial charge in [-0.15, -0.1) is 0 Å². The number of aromatic nitrogens is 1. The van der Waals surface area contributed by atoms with E-state index in [-0.39, 0.29) is 17.5 Å². The van der Waals surface area contributed by atoms with Gasteiger partial charge in [-0.05, 0) is 18.6 Å². The lowest BCUT2D eigenvalue weighted by atomic mass is 10.2. The number of imide groups is 1. The van der Waals surface area contributed by atoms with Gasteiger partial charge in [0.2, 0.25) is 0 Å². The van der Waals surface area contributed by atoms with Crippen molar-refractivity contribution in [3.8, 4) is 0 Å². The van der Waals surface area contributed by atoms with Gasteiger partial charge in [0, 0.05) is 18.1 Å². The average molecular weight is 269 g/mol. The van der Waals surface area contributed by atoms with E-state index in [0.29, 0.717) is 12.1 Å². The zero-order chi connectivity index (χ0) is 10.8. The van der Waals surface area contributed by atoms with Gasteiger partial charge in [0.15, 0.2) is 0 Å². The number of fused-ring (bicyclic) bond motifs is 1. The summed E-state index contributed by atoms with van der Waals surface area (Å²) in [6, 6.07) is 3.30. The number of alkyl halides is 1. The maximum absolute atomic E-state index is 11.8. The molecule has 0 N–H and O–H groups in total. The van der Waals surface area contributed by atoms with Crippen LogP contribution in [-0.4, -0.2) is 33.6 Å². The van der Waals surface area contributed by atoms with Gasteiger partial charge >= 0.3 is 0 Å². The quantitative estimate of drug-likeness (QED) is 0.616. The van der Waals surface area contributed by atoms with Crippen molar-refractivity contribution in [1.82, 2.24) is 9.88 Å². The third kappa shape index (κ3) is 1.67. The van der Waals surface area contributed by atoms with E-state index in [2.05, 4.69) is 20.9 Å². The van der Waals surface area contributed by atoms with E-state index in [1.165, 1.54) is 11.1 Å². The monoisotopic (exact) mass is 268 g/mol. The fourth-order valence-electron chi connectivity index (χ4n) is 1.53. The SMILES string of the molecule is O=C1c2cccnc2C(=O)N1CCCBr. The van der Waals surface area contributed by atoms with Crippen LogP contribution in [0, 0.1) is 0 Å². The predicted octanol–water partition coefficient (Wildman–Crippen LogP) is 1.46. The van der Waals surface area contributed by atoms with E-state index in [4.69, 9.17) is 0 Å². The van der Waals surface area contributed by atoms with Crippen LogP contribution in [0.3, 0.4) is 0 Å². The van der Waals surface area contributed by atoms with E-state index in [1.54, 1.807) is 12.1 Å². The van der Waals surface area contributed by atoms with Crippen molar-refractivity contribution < 1.29 is 9.59 Å². The molecule has 1 aromatic heterocycles. The molecule has 0 atom stereocenters. The van der Waals surface area contributed by atoms with Gasteiger partial charge in [-0.25, -0.2) is 0 Å². The second-order valence-electron chi connectivity index (χ2n) is 3.20. The minimum Gasteiger partial charge on any atom is -0.273 e. The molecule has 1 aliphatic rings. The molecule has 0 aliphatic carbocycles. The summed E-state index contributed by atoms with van der Waals surface area (Å²) < 4.78 is 0. The lowest BCUT2D eigenvalue weighted by Gasteiger charge is -2.11. The molecule has 0 aromatic carbocycles. The van der Waals surface area contributed by atoms with E-state index in [0.717, 1.165) is 11.8 Å². The maximum atomic E-state index is 11.8. The van der Waals surface area contributed by atoms with Crippen LogP contribution in [0.25, 0.3) is 0 Å². The Morgan fingerprint density at radius 2 is 2.13 bits per heavy atom. The summed E-state index contributed by atoms with van der Waals surface area (Å²) in [5.41, 5.74) is 0.689. The van der Waals surface area contributed by atoms with Crippen molar-refractivity contribution in [2.75, 3.05) is 11.9 Å². The molecule has 0 saturated carbocycles. The molecule has 0 bridgehead atoms. The summed E-state index contributed by atoms with van der Waals surface area (Å²) >= 11 is 3.27. The summed E-state index contributed by atoms with van der Waals surface area (Å²) in [6.07, 6.45) is 2.28. The van der Waals surface area contributed by atoms with E-state index < -0.39 is 0 Å². The molecule has 4 nitrogen and oxygen atoms in total. The van der Waals surface area contributed by atoms with Gasteiger partial charge in [0.1, 0.15) is 5.69 Å². The predicted molar refractivity (Wildman–Crippen MR) is 58.0 cm³/mol. The maximum Gasteiger partial charge on any atom is 0.280 e. The van der Waals surface area contributed by atoms with Crippen LogP contribution in [0.2, 0.25) is 0 Å². The highest BCUT2D eigenvalue weighted by Gasteiger charge is 2.35. The molecule has 1 aliphatic heterocycles. The molecule has 2 amide bonds. The van der Waals surface area contributed by atoms with Gasteiger partial charge < -0.3 is 0 Å². The Morgan fingerprint density at radius 1 is 1.33 bits per heavy atom. The number of carbonyl (C=O) groups is 2. The summed E-state index contributed by atoms with van der Waals surface area (Å²) in [6.45, 7) is 0.444. The Labute approximate surface area is 95.4 Å². The Kier molecular flexibility index (Phi) is 2.81. The first-order valence-electron chi connectivity index (χ1n) is 4.63. The van der Waals surface area contributed by atoms with Gasteiger partial charge in [-0.3, -0.25) is 19.5 Å². The van der Waals surface area contributed by atoms with Crippen molar-refractivity contribution in [3.63, 3.8) is 0 Å². The van der Waals surface area contributed by atoms with Crippen molar-refractivity contribution in [2.45, 2.75) is 6.42 Å². The Morgan fingerprint density at radius 3 is 2.80 bits per heavy atom.